The molecule has 4 rings (SSSR count). The van der Waals surface area contributed by atoms with Crippen molar-refractivity contribution >= 4 is 5.96 Å². The summed E-state index contributed by atoms with van der Waals surface area (Å²) in [7, 11) is 1.91. The summed E-state index contributed by atoms with van der Waals surface area (Å²) in [5.41, 5.74) is 1.44. The number of aliphatic imine (C=N–C) groups is 1. The third-order valence-corrected chi connectivity index (χ3v) is 6.33. The average molecular weight is 395 g/mol. The molecule has 6 nitrogen and oxygen atoms in total. The summed E-state index contributed by atoms with van der Waals surface area (Å²) in [5, 5.41) is 7.84. The van der Waals surface area contributed by atoms with Gasteiger partial charge in [-0.25, -0.2) is 0 Å². The number of hydrogen-bond acceptors (Lipinski definition) is 3. The molecule has 1 N–H and O–H groups in total. The first-order chi connectivity index (χ1) is 14.3. The molecule has 156 valence electrons. The van der Waals surface area contributed by atoms with Gasteiger partial charge in [-0.1, -0.05) is 30.3 Å². The first-order valence-corrected chi connectivity index (χ1v) is 11.0. The van der Waals surface area contributed by atoms with E-state index < -0.39 is 0 Å². The van der Waals surface area contributed by atoms with Crippen LogP contribution in [0.3, 0.4) is 0 Å². The van der Waals surface area contributed by atoms with Crippen LogP contribution in [-0.4, -0.2) is 64.8 Å². The second-order valence-electron chi connectivity index (χ2n) is 8.26. The van der Waals surface area contributed by atoms with Gasteiger partial charge in [0, 0.05) is 58.2 Å². The Bertz CT molecular complexity index is 757. The fraction of sp³-hybridized carbons (Fsp3) is 0.565. The van der Waals surface area contributed by atoms with E-state index >= 15 is 0 Å². The van der Waals surface area contributed by atoms with Crippen LogP contribution < -0.4 is 5.32 Å². The van der Waals surface area contributed by atoms with Gasteiger partial charge in [0.25, 0.3) is 0 Å². The van der Waals surface area contributed by atoms with E-state index in [1.807, 2.05) is 30.2 Å². The van der Waals surface area contributed by atoms with Crippen LogP contribution in [0.5, 0.6) is 0 Å². The van der Waals surface area contributed by atoms with Gasteiger partial charge in [-0.3, -0.25) is 14.6 Å². The van der Waals surface area contributed by atoms with Crippen LogP contribution in [0, 0.1) is 5.92 Å². The summed E-state index contributed by atoms with van der Waals surface area (Å²) >= 11 is 0. The van der Waals surface area contributed by atoms with Crippen LogP contribution in [0.1, 0.15) is 31.2 Å². The zero-order valence-corrected chi connectivity index (χ0v) is 17.6. The van der Waals surface area contributed by atoms with Crippen LogP contribution in [0.25, 0.3) is 0 Å². The van der Waals surface area contributed by atoms with Crippen LogP contribution in [0.15, 0.2) is 53.8 Å². The minimum atomic E-state index is 0.707. The normalized spacial score (nSPS) is 23.1. The number of benzene rings is 1. The van der Waals surface area contributed by atoms with Gasteiger partial charge >= 0.3 is 0 Å². The topological polar surface area (TPSA) is 48.7 Å². The third-order valence-electron chi connectivity index (χ3n) is 6.33. The minimum Gasteiger partial charge on any atom is -0.356 e. The standard InChI is InChI=1S/C23H34N6/c1-24-23(25-12-6-15-29-16-7-13-26-29)28-17-11-22-21(19-28)10-5-14-27(22)18-20-8-3-2-4-9-20/h2-4,7-9,13,16,21-22H,5-6,10-12,14-15,17-19H2,1H3,(H,24,25). The van der Waals surface area contributed by atoms with E-state index in [1.165, 1.54) is 31.4 Å². The molecule has 2 aromatic rings. The average Bonchev–Trinajstić information content (AvgIpc) is 3.28. The number of likely N-dealkylation sites (tertiary alicyclic amines) is 2. The van der Waals surface area contributed by atoms with Gasteiger partial charge in [0.05, 0.1) is 0 Å². The Kier molecular flexibility index (Phi) is 6.83. The van der Waals surface area contributed by atoms with E-state index in [9.17, 15) is 0 Å². The molecule has 2 saturated heterocycles. The lowest BCUT2D eigenvalue weighted by Gasteiger charge is -2.48. The molecule has 3 heterocycles. The Labute approximate surface area is 174 Å². The molecule has 0 amide bonds. The number of hydrogen-bond donors (Lipinski definition) is 1. The first kappa shape index (κ1) is 20.0. The Morgan fingerprint density at radius 2 is 2.07 bits per heavy atom. The van der Waals surface area contributed by atoms with Gasteiger partial charge in [-0.2, -0.15) is 5.10 Å². The molecular formula is C23H34N6. The predicted molar refractivity (Wildman–Crippen MR) is 118 cm³/mol. The zero-order chi connectivity index (χ0) is 19.9. The van der Waals surface area contributed by atoms with Crippen molar-refractivity contribution in [3.63, 3.8) is 0 Å². The van der Waals surface area contributed by atoms with Gasteiger partial charge in [0.2, 0.25) is 0 Å². The highest BCUT2D eigenvalue weighted by molar-refractivity contribution is 5.80. The molecule has 0 aliphatic carbocycles. The van der Waals surface area contributed by atoms with Crippen molar-refractivity contribution in [3.8, 4) is 0 Å². The van der Waals surface area contributed by atoms with Gasteiger partial charge in [0.1, 0.15) is 0 Å². The Morgan fingerprint density at radius 3 is 2.86 bits per heavy atom. The summed E-state index contributed by atoms with van der Waals surface area (Å²) in [4.78, 5) is 9.76. The van der Waals surface area contributed by atoms with Crippen molar-refractivity contribution in [2.45, 2.75) is 44.8 Å². The molecule has 2 aliphatic heterocycles. The van der Waals surface area contributed by atoms with Crippen LogP contribution in [-0.2, 0) is 13.1 Å². The molecule has 1 aromatic carbocycles. The molecule has 2 atom stereocenters. The van der Waals surface area contributed by atoms with Gasteiger partial charge in [0.15, 0.2) is 5.96 Å². The van der Waals surface area contributed by atoms with Crippen molar-refractivity contribution in [3.05, 3.63) is 54.4 Å². The molecule has 0 saturated carbocycles. The van der Waals surface area contributed by atoms with E-state index in [0.717, 1.165) is 51.0 Å². The van der Waals surface area contributed by atoms with Gasteiger partial charge in [-0.15, -0.1) is 0 Å². The van der Waals surface area contributed by atoms with Crippen molar-refractivity contribution < 1.29 is 0 Å². The number of piperidine rings is 2. The number of aryl methyl sites for hydroxylation is 1. The first-order valence-electron chi connectivity index (χ1n) is 11.0. The summed E-state index contributed by atoms with van der Waals surface area (Å²) in [6.07, 6.45) is 8.77. The quantitative estimate of drug-likeness (QED) is 0.465. The Hall–Kier alpha value is -2.34. The lowest BCUT2D eigenvalue weighted by atomic mass is 9.83. The van der Waals surface area contributed by atoms with E-state index in [2.05, 4.69) is 55.5 Å². The van der Waals surface area contributed by atoms with Crippen LogP contribution in [0.4, 0.5) is 0 Å². The number of guanidine groups is 1. The lowest BCUT2D eigenvalue weighted by Crippen LogP contribution is -2.56. The highest BCUT2D eigenvalue weighted by atomic mass is 15.3. The Morgan fingerprint density at radius 1 is 1.17 bits per heavy atom. The fourth-order valence-electron chi connectivity index (χ4n) is 4.92. The highest BCUT2D eigenvalue weighted by Gasteiger charge is 2.36. The maximum atomic E-state index is 4.57. The van der Waals surface area contributed by atoms with Crippen LogP contribution in [0.2, 0.25) is 0 Å². The van der Waals surface area contributed by atoms with Crippen LogP contribution >= 0.6 is 0 Å². The number of fused-ring (bicyclic) bond motifs is 1. The van der Waals surface area contributed by atoms with Crippen molar-refractivity contribution in [1.82, 2.24) is 24.9 Å². The molecule has 0 spiro atoms. The molecular weight excluding hydrogens is 360 g/mol. The van der Waals surface area contributed by atoms with E-state index in [0.29, 0.717) is 6.04 Å². The SMILES string of the molecule is CN=C(NCCCn1cccn1)N1CCC2C(CCCN2Cc2ccccc2)C1. The molecule has 29 heavy (non-hydrogen) atoms. The predicted octanol–water partition coefficient (Wildman–Crippen LogP) is 2.84. The summed E-state index contributed by atoms with van der Waals surface area (Å²) in [6, 6.07) is 13.6. The number of nitrogens with one attached hydrogen (secondary N) is 1. The van der Waals surface area contributed by atoms with E-state index in [-0.39, 0.29) is 0 Å². The maximum absolute atomic E-state index is 4.57. The highest BCUT2D eigenvalue weighted by Crippen LogP contribution is 2.31. The van der Waals surface area contributed by atoms with Gasteiger partial charge < -0.3 is 10.2 Å². The molecule has 2 unspecified atom stereocenters. The number of rotatable bonds is 6. The monoisotopic (exact) mass is 394 g/mol. The minimum absolute atomic E-state index is 0.707. The third kappa shape index (κ3) is 5.18. The second-order valence-corrected chi connectivity index (χ2v) is 8.26. The summed E-state index contributed by atoms with van der Waals surface area (Å²) in [5.74, 6) is 1.80. The smallest absolute Gasteiger partial charge is 0.193 e. The summed E-state index contributed by atoms with van der Waals surface area (Å²) < 4.78 is 1.99. The lowest BCUT2D eigenvalue weighted by molar-refractivity contribution is 0.0372. The number of nitrogens with zero attached hydrogens (tertiary/aromatic N) is 5. The Balaban J connectivity index is 1.28. The molecule has 6 heteroatoms. The maximum Gasteiger partial charge on any atom is 0.193 e. The molecule has 1 aromatic heterocycles. The summed E-state index contributed by atoms with van der Waals surface area (Å²) in [6.45, 7) is 6.40. The van der Waals surface area contributed by atoms with E-state index in [1.54, 1.807) is 0 Å². The molecule has 0 bridgehead atoms. The number of aromatic nitrogens is 2. The fourth-order valence-corrected chi connectivity index (χ4v) is 4.92. The van der Waals surface area contributed by atoms with E-state index in [4.69, 9.17) is 0 Å². The molecule has 0 radical (unpaired) electrons. The van der Waals surface area contributed by atoms with Gasteiger partial charge in [-0.05, 0) is 49.8 Å². The zero-order valence-electron chi connectivity index (χ0n) is 17.6. The molecule has 2 fully saturated rings. The largest absolute Gasteiger partial charge is 0.356 e. The second kappa shape index (κ2) is 9.92. The van der Waals surface area contributed by atoms with Crippen molar-refractivity contribution in [2.24, 2.45) is 10.9 Å². The van der Waals surface area contributed by atoms with Crippen molar-refractivity contribution in [1.29, 1.82) is 0 Å². The molecule has 2 aliphatic rings. The van der Waals surface area contributed by atoms with Crippen molar-refractivity contribution in [2.75, 3.05) is 33.2 Å².